The standard InChI is InChI=1S/C17H21N3O2S/c1-4-5-11(2)19-20-17(21)16-14(18)10-15(23-16)12-6-8-13(22-3)9-7-12/h6-10H,4-5,18H2,1-3H3,(H,20,21)/b19-11-. The van der Waals surface area contributed by atoms with Gasteiger partial charge in [0.2, 0.25) is 0 Å². The number of rotatable bonds is 6. The Hall–Kier alpha value is -2.34. The zero-order valence-corrected chi connectivity index (χ0v) is 14.4. The number of methoxy groups -OCH3 is 1. The maximum Gasteiger partial charge on any atom is 0.283 e. The van der Waals surface area contributed by atoms with Gasteiger partial charge >= 0.3 is 0 Å². The second kappa shape index (κ2) is 7.78. The van der Waals surface area contributed by atoms with Gasteiger partial charge in [0, 0.05) is 10.6 Å². The summed E-state index contributed by atoms with van der Waals surface area (Å²) in [5.41, 5.74) is 10.9. The molecule has 3 N–H and O–H groups in total. The summed E-state index contributed by atoms with van der Waals surface area (Å²) < 4.78 is 5.15. The zero-order chi connectivity index (χ0) is 16.8. The van der Waals surface area contributed by atoms with Crippen molar-refractivity contribution in [3.8, 4) is 16.2 Å². The van der Waals surface area contributed by atoms with Crippen LogP contribution in [0, 0.1) is 0 Å². The number of amides is 1. The van der Waals surface area contributed by atoms with Crippen molar-refractivity contribution >= 4 is 28.6 Å². The summed E-state index contributed by atoms with van der Waals surface area (Å²) in [5, 5.41) is 4.09. The first-order chi connectivity index (χ1) is 11.0. The molecule has 2 aromatic rings. The third kappa shape index (κ3) is 4.32. The van der Waals surface area contributed by atoms with Crippen LogP contribution in [-0.2, 0) is 0 Å². The summed E-state index contributed by atoms with van der Waals surface area (Å²) >= 11 is 1.35. The molecule has 0 unspecified atom stereocenters. The second-order valence-electron chi connectivity index (χ2n) is 5.16. The van der Waals surface area contributed by atoms with Gasteiger partial charge in [0.1, 0.15) is 10.6 Å². The number of nitrogen functional groups attached to an aromatic ring is 1. The van der Waals surface area contributed by atoms with Crippen molar-refractivity contribution < 1.29 is 9.53 Å². The lowest BCUT2D eigenvalue weighted by Gasteiger charge is -2.01. The fourth-order valence-electron chi connectivity index (χ4n) is 2.09. The summed E-state index contributed by atoms with van der Waals surface area (Å²) in [6.45, 7) is 3.96. The third-order valence-corrected chi connectivity index (χ3v) is 4.50. The van der Waals surface area contributed by atoms with Gasteiger partial charge in [0.25, 0.3) is 5.91 Å². The van der Waals surface area contributed by atoms with E-state index in [-0.39, 0.29) is 5.91 Å². The Morgan fingerprint density at radius 3 is 2.65 bits per heavy atom. The van der Waals surface area contributed by atoms with Gasteiger partial charge in [-0.25, -0.2) is 5.43 Å². The quantitative estimate of drug-likeness (QED) is 0.622. The van der Waals surface area contributed by atoms with Crippen LogP contribution in [-0.4, -0.2) is 18.7 Å². The van der Waals surface area contributed by atoms with Crippen molar-refractivity contribution in [2.24, 2.45) is 5.10 Å². The number of ether oxygens (including phenoxy) is 1. The van der Waals surface area contributed by atoms with Gasteiger partial charge in [-0.3, -0.25) is 4.79 Å². The highest BCUT2D eigenvalue weighted by Crippen LogP contribution is 2.33. The predicted molar refractivity (Wildman–Crippen MR) is 96.2 cm³/mol. The van der Waals surface area contributed by atoms with E-state index in [9.17, 15) is 4.79 Å². The third-order valence-electron chi connectivity index (χ3n) is 3.30. The fraction of sp³-hybridized carbons (Fsp3) is 0.294. The molecule has 0 saturated carbocycles. The van der Waals surface area contributed by atoms with Gasteiger partial charge in [-0.2, -0.15) is 5.10 Å². The zero-order valence-electron chi connectivity index (χ0n) is 13.6. The van der Waals surface area contributed by atoms with Crippen molar-refractivity contribution in [2.75, 3.05) is 12.8 Å². The van der Waals surface area contributed by atoms with E-state index in [2.05, 4.69) is 17.5 Å². The van der Waals surface area contributed by atoms with Crippen molar-refractivity contribution in [3.63, 3.8) is 0 Å². The lowest BCUT2D eigenvalue weighted by atomic mass is 10.2. The predicted octanol–water partition coefficient (Wildman–Crippen LogP) is 3.91. The fourth-order valence-corrected chi connectivity index (χ4v) is 3.07. The number of nitrogens with zero attached hydrogens (tertiary/aromatic N) is 1. The molecule has 2 rings (SSSR count). The number of hydrogen-bond acceptors (Lipinski definition) is 5. The maximum atomic E-state index is 12.2. The van der Waals surface area contributed by atoms with Gasteiger partial charge in [-0.15, -0.1) is 11.3 Å². The number of anilines is 1. The molecule has 0 atom stereocenters. The Kier molecular flexibility index (Phi) is 5.76. The highest BCUT2D eigenvalue weighted by atomic mass is 32.1. The van der Waals surface area contributed by atoms with Crippen molar-refractivity contribution in [3.05, 3.63) is 35.2 Å². The molecule has 0 bridgehead atoms. The van der Waals surface area contributed by atoms with Crippen molar-refractivity contribution in [1.29, 1.82) is 0 Å². The van der Waals surface area contributed by atoms with Crippen molar-refractivity contribution in [1.82, 2.24) is 5.43 Å². The smallest absolute Gasteiger partial charge is 0.283 e. The highest BCUT2D eigenvalue weighted by molar-refractivity contribution is 7.18. The molecule has 0 fully saturated rings. The van der Waals surface area contributed by atoms with E-state index in [1.165, 1.54) is 11.3 Å². The van der Waals surface area contributed by atoms with Crippen LogP contribution in [0.3, 0.4) is 0 Å². The van der Waals surface area contributed by atoms with Crippen LogP contribution in [0.2, 0.25) is 0 Å². The average Bonchev–Trinajstić information content (AvgIpc) is 2.95. The van der Waals surface area contributed by atoms with Crippen molar-refractivity contribution in [2.45, 2.75) is 26.7 Å². The molecule has 122 valence electrons. The number of hydrogen-bond donors (Lipinski definition) is 2. The number of hydrazone groups is 1. The summed E-state index contributed by atoms with van der Waals surface area (Å²) in [5.74, 6) is 0.514. The summed E-state index contributed by atoms with van der Waals surface area (Å²) in [4.78, 5) is 13.6. The number of nitrogens with one attached hydrogen (secondary N) is 1. The summed E-state index contributed by atoms with van der Waals surface area (Å²) in [7, 11) is 1.63. The minimum absolute atomic E-state index is 0.275. The Balaban J connectivity index is 2.16. The Morgan fingerprint density at radius 2 is 2.04 bits per heavy atom. The minimum atomic E-state index is -0.275. The Labute approximate surface area is 140 Å². The van der Waals surface area contributed by atoms with E-state index in [0.717, 1.165) is 34.7 Å². The lowest BCUT2D eigenvalue weighted by molar-refractivity contribution is 0.0959. The van der Waals surface area contributed by atoms with E-state index in [0.29, 0.717) is 10.6 Å². The molecule has 1 amide bonds. The maximum absolute atomic E-state index is 12.2. The molecule has 0 aliphatic heterocycles. The Bertz CT molecular complexity index is 705. The van der Waals surface area contributed by atoms with Crippen LogP contribution in [0.1, 0.15) is 36.4 Å². The Morgan fingerprint density at radius 1 is 1.35 bits per heavy atom. The number of carbonyl (C=O) groups is 1. The molecule has 5 nitrogen and oxygen atoms in total. The summed E-state index contributed by atoms with van der Waals surface area (Å²) in [6, 6.07) is 9.45. The van der Waals surface area contributed by atoms with Crippen LogP contribution in [0.25, 0.3) is 10.4 Å². The normalized spacial score (nSPS) is 11.3. The molecule has 1 aromatic carbocycles. The van der Waals surface area contributed by atoms with E-state index in [1.54, 1.807) is 7.11 Å². The molecule has 1 aromatic heterocycles. The van der Waals surface area contributed by atoms with Crippen LogP contribution >= 0.6 is 11.3 Å². The van der Waals surface area contributed by atoms with Crippen LogP contribution in [0.5, 0.6) is 5.75 Å². The molecule has 6 heteroatoms. The first kappa shape index (κ1) is 17.0. The average molecular weight is 331 g/mol. The molecule has 1 heterocycles. The largest absolute Gasteiger partial charge is 0.497 e. The number of thiophene rings is 1. The topological polar surface area (TPSA) is 76.7 Å². The van der Waals surface area contributed by atoms with E-state index < -0.39 is 0 Å². The first-order valence-electron chi connectivity index (χ1n) is 7.42. The van der Waals surface area contributed by atoms with E-state index in [1.807, 2.05) is 37.3 Å². The highest BCUT2D eigenvalue weighted by Gasteiger charge is 2.15. The van der Waals surface area contributed by atoms with Crippen LogP contribution in [0.15, 0.2) is 35.4 Å². The van der Waals surface area contributed by atoms with E-state index >= 15 is 0 Å². The monoisotopic (exact) mass is 331 g/mol. The second-order valence-corrected chi connectivity index (χ2v) is 6.21. The minimum Gasteiger partial charge on any atom is -0.497 e. The lowest BCUT2D eigenvalue weighted by Crippen LogP contribution is -2.18. The van der Waals surface area contributed by atoms with Crippen LogP contribution in [0.4, 0.5) is 5.69 Å². The number of carbonyl (C=O) groups excluding carboxylic acids is 1. The summed E-state index contributed by atoms with van der Waals surface area (Å²) in [6.07, 6.45) is 1.85. The van der Waals surface area contributed by atoms with Gasteiger partial charge in [-0.05, 0) is 49.2 Å². The van der Waals surface area contributed by atoms with Gasteiger partial charge < -0.3 is 10.5 Å². The van der Waals surface area contributed by atoms with Gasteiger partial charge in [-0.1, -0.05) is 13.3 Å². The van der Waals surface area contributed by atoms with Gasteiger partial charge in [0.15, 0.2) is 0 Å². The number of nitrogens with two attached hydrogens (primary N) is 1. The molecule has 0 aliphatic carbocycles. The first-order valence-corrected chi connectivity index (χ1v) is 8.24. The molecule has 23 heavy (non-hydrogen) atoms. The molecular formula is C17H21N3O2S. The van der Waals surface area contributed by atoms with Gasteiger partial charge in [0.05, 0.1) is 12.8 Å². The molecule has 0 radical (unpaired) electrons. The molecule has 0 saturated heterocycles. The molecule has 0 spiro atoms. The molecular weight excluding hydrogens is 310 g/mol. The molecule has 0 aliphatic rings. The number of benzene rings is 1. The van der Waals surface area contributed by atoms with E-state index in [4.69, 9.17) is 10.5 Å². The SMILES string of the molecule is CCC/C(C)=N\NC(=O)c1sc(-c2ccc(OC)cc2)cc1N. The van der Waals surface area contributed by atoms with Crippen LogP contribution < -0.4 is 15.9 Å².